The van der Waals surface area contributed by atoms with Crippen molar-refractivity contribution in [2.45, 2.75) is 6.04 Å². The van der Waals surface area contributed by atoms with E-state index in [1.54, 1.807) is 43.8 Å². The topological polar surface area (TPSA) is 83.6 Å². The summed E-state index contributed by atoms with van der Waals surface area (Å²) in [6.07, 6.45) is 3.33. The highest BCUT2D eigenvalue weighted by Gasteiger charge is 2.22. The van der Waals surface area contributed by atoms with Gasteiger partial charge >= 0.3 is 0 Å². The number of aliphatic hydroxyl groups excluding tert-OH is 1. The molecule has 0 aliphatic heterocycles. The van der Waals surface area contributed by atoms with Gasteiger partial charge in [-0.15, -0.1) is 0 Å². The molecule has 1 aromatic heterocycles. The number of ketones is 1. The molecule has 0 aliphatic rings. The average molecular weight is 418 g/mol. The number of H-pyrrole nitrogens is 1. The Labute approximate surface area is 181 Å². The minimum atomic E-state index is -0.593. The van der Waals surface area contributed by atoms with Crippen LogP contribution in [0.15, 0.2) is 91.3 Å². The number of aliphatic hydroxyl groups is 1. The Morgan fingerprint density at radius 2 is 1.77 bits per heavy atom. The van der Waals surface area contributed by atoms with Crippen LogP contribution in [0.3, 0.4) is 0 Å². The third kappa shape index (κ3) is 6.35. The summed E-state index contributed by atoms with van der Waals surface area (Å²) in [7, 11) is 1.61. The molecule has 3 rings (SSSR count). The summed E-state index contributed by atoms with van der Waals surface area (Å²) in [5, 5.41) is 12.3. The van der Waals surface area contributed by atoms with Gasteiger partial charge in [0.25, 0.3) is 0 Å². The number of carbonyl (C=O) groups excluding carboxylic acids is 1. The smallest absolute Gasteiger partial charge is 0.191 e. The van der Waals surface area contributed by atoms with Crippen molar-refractivity contribution in [2.24, 2.45) is 0 Å². The molecule has 0 saturated carbocycles. The lowest BCUT2D eigenvalue weighted by Crippen LogP contribution is -2.21. The molecule has 0 fully saturated rings. The molecule has 3 aromatic rings. The lowest BCUT2D eigenvalue weighted by molar-refractivity contribution is 0.0969. The van der Waals surface area contributed by atoms with Crippen LogP contribution in [0, 0.1) is 0 Å². The maximum Gasteiger partial charge on any atom is 0.191 e. The molecule has 1 heterocycles. The number of Topliss-reactive ketones (excluding diaryl/α,β-unsaturated/α-hetero) is 1. The maximum absolute atomic E-state index is 13.5. The van der Waals surface area contributed by atoms with Crippen molar-refractivity contribution in [1.82, 2.24) is 4.98 Å². The van der Waals surface area contributed by atoms with Crippen LogP contribution in [0.5, 0.6) is 11.5 Å². The quantitative estimate of drug-likeness (QED) is 0.444. The fourth-order valence-corrected chi connectivity index (χ4v) is 3.02. The van der Waals surface area contributed by atoms with Crippen molar-refractivity contribution in [3.63, 3.8) is 0 Å². The van der Waals surface area contributed by atoms with E-state index in [-0.39, 0.29) is 19.0 Å². The first-order chi connectivity index (χ1) is 15.2. The van der Waals surface area contributed by atoms with Gasteiger partial charge < -0.3 is 24.9 Å². The van der Waals surface area contributed by atoms with Crippen molar-refractivity contribution in [2.75, 3.05) is 25.6 Å². The van der Waals surface area contributed by atoms with E-state index in [9.17, 15) is 4.79 Å². The summed E-state index contributed by atoms with van der Waals surface area (Å²) < 4.78 is 10.7. The molecule has 1 unspecified atom stereocenters. The number of aromatic amines is 1. The summed E-state index contributed by atoms with van der Waals surface area (Å²) in [6, 6.07) is 23.4. The van der Waals surface area contributed by atoms with E-state index in [0.29, 0.717) is 17.1 Å². The molecule has 0 amide bonds. The van der Waals surface area contributed by atoms with Crippen LogP contribution < -0.4 is 14.8 Å². The first kappa shape index (κ1) is 21.9. The summed E-state index contributed by atoms with van der Waals surface area (Å²) in [5.74, 6) is 1.19. The monoisotopic (exact) mass is 418 g/mol. The Kier molecular flexibility index (Phi) is 8.08. The van der Waals surface area contributed by atoms with Crippen molar-refractivity contribution in [3.05, 3.63) is 102 Å². The number of nitrogens with one attached hydrogen (secondary N) is 2. The fraction of sp³-hybridized carbons (Fsp3) is 0.160. The molecule has 0 aliphatic carbocycles. The minimum Gasteiger partial charge on any atom is -0.497 e. The molecule has 6 nitrogen and oxygen atoms in total. The van der Waals surface area contributed by atoms with Crippen LogP contribution >= 0.6 is 0 Å². The van der Waals surface area contributed by atoms with Crippen molar-refractivity contribution < 1.29 is 19.4 Å². The van der Waals surface area contributed by atoms with Crippen LogP contribution in [0.4, 0.5) is 5.69 Å². The molecule has 3 N–H and O–H groups in total. The Bertz CT molecular complexity index is 1030. The highest BCUT2D eigenvalue weighted by Crippen LogP contribution is 2.25. The second-order valence-corrected chi connectivity index (χ2v) is 6.68. The summed E-state index contributed by atoms with van der Waals surface area (Å²) >= 11 is 0. The summed E-state index contributed by atoms with van der Waals surface area (Å²) in [6.45, 7) is 0.128. The second-order valence-electron chi connectivity index (χ2n) is 6.68. The van der Waals surface area contributed by atoms with Crippen LogP contribution in [-0.2, 0) is 0 Å². The average Bonchev–Trinajstić information content (AvgIpc) is 2.93. The SMILES string of the molecule is COc1cccc(NC(C(=O)c2cccc(OCCO)cc[nH]c2)c2ccccc2)c1. The van der Waals surface area contributed by atoms with Gasteiger partial charge in [0, 0.05) is 29.7 Å². The highest BCUT2D eigenvalue weighted by molar-refractivity contribution is 6.02. The molecule has 0 bridgehead atoms. The minimum absolute atomic E-state index is 0.0704. The van der Waals surface area contributed by atoms with Gasteiger partial charge in [-0.1, -0.05) is 42.5 Å². The number of hydrogen-bond acceptors (Lipinski definition) is 5. The third-order valence-corrected chi connectivity index (χ3v) is 4.54. The predicted molar refractivity (Wildman–Crippen MR) is 121 cm³/mol. The molecule has 2 aromatic carbocycles. The van der Waals surface area contributed by atoms with Gasteiger partial charge in [-0.25, -0.2) is 0 Å². The van der Waals surface area contributed by atoms with Gasteiger partial charge in [0.1, 0.15) is 24.1 Å². The lowest BCUT2D eigenvalue weighted by Gasteiger charge is -2.19. The summed E-state index contributed by atoms with van der Waals surface area (Å²) in [5.41, 5.74) is 2.12. The van der Waals surface area contributed by atoms with Gasteiger partial charge in [0.05, 0.1) is 13.7 Å². The molecular weight excluding hydrogens is 392 g/mol. The molecule has 0 radical (unpaired) electrons. The molecule has 31 heavy (non-hydrogen) atoms. The molecule has 0 saturated heterocycles. The number of aromatic nitrogens is 1. The van der Waals surface area contributed by atoms with Crippen LogP contribution in [0.1, 0.15) is 22.0 Å². The van der Waals surface area contributed by atoms with Crippen molar-refractivity contribution >= 4 is 11.5 Å². The fourth-order valence-electron chi connectivity index (χ4n) is 3.02. The largest absolute Gasteiger partial charge is 0.497 e. The van der Waals surface area contributed by atoms with E-state index in [2.05, 4.69) is 10.3 Å². The third-order valence-electron chi connectivity index (χ3n) is 4.54. The first-order valence-corrected chi connectivity index (χ1v) is 9.96. The number of rotatable bonds is 9. The Morgan fingerprint density at radius 1 is 1.00 bits per heavy atom. The normalized spacial score (nSPS) is 11.2. The van der Waals surface area contributed by atoms with Gasteiger partial charge in [-0.3, -0.25) is 4.79 Å². The Hall–Kier alpha value is -3.77. The summed E-state index contributed by atoms with van der Waals surface area (Å²) in [4.78, 5) is 16.5. The zero-order valence-corrected chi connectivity index (χ0v) is 17.3. The molecule has 0 spiro atoms. The lowest BCUT2D eigenvalue weighted by atomic mass is 9.98. The van der Waals surface area contributed by atoms with Gasteiger partial charge in [-0.2, -0.15) is 0 Å². The number of benzene rings is 2. The van der Waals surface area contributed by atoms with E-state index in [0.717, 1.165) is 11.3 Å². The van der Waals surface area contributed by atoms with E-state index < -0.39 is 6.04 Å². The second kappa shape index (κ2) is 11.4. The number of anilines is 1. The Morgan fingerprint density at radius 3 is 2.55 bits per heavy atom. The van der Waals surface area contributed by atoms with Crippen molar-refractivity contribution in [3.8, 4) is 11.5 Å². The molecule has 160 valence electrons. The maximum atomic E-state index is 13.5. The standard InChI is InChI=1S/C25H26N2O4/c1-30-23-12-6-10-21(17-23)27-24(19-7-3-2-4-8-19)25(29)20-9-5-11-22(31-16-15-28)13-14-26-18-20/h2-14,17-18,24,26-28H,15-16H2,1H3. The number of hydrogen-bond donors (Lipinski definition) is 3. The molecular formula is C25H26N2O4. The van der Waals surface area contributed by atoms with Gasteiger partial charge in [0.2, 0.25) is 0 Å². The van der Waals surface area contributed by atoms with Crippen LogP contribution in [0.25, 0.3) is 0 Å². The van der Waals surface area contributed by atoms with Gasteiger partial charge in [0.15, 0.2) is 5.78 Å². The van der Waals surface area contributed by atoms with Crippen molar-refractivity contribution in [1.29, 1.82) is 0 Å². The van der Waals surface area contributed by atoms with Crippen LogP contribution in [0.2, 0.25) is 0 Å². The van der Waals surface area contributed by atoms with E-state index in [1.165, 1.54) is 0 Å². The zero-order chi connectivity index (χ0) is 21.9. The molecule has 1 atom stereocenters. The molecule has 6 heteroatoms. The Balaban J connectivity index is 1.94. The van der Waals surface area contributed by atoms with E-state index >= 15 is 0 Å². The number of methoxy groups -OCH3 is 1. The zero-order valence-electron chi connectivity index (χ0n) is 17.3. The van der Waals surface area contributed by atoms with Crippen LogP contribution in [-0.4, -0.2) is 36.2 Å². The number of carbonyl (C=O) groups is 1. The van der Waals surface area contributed by atoms with E-state index in [1.807, 2.05) is 54.6 Å². The van der Waals surface area contributed by atoms with Gasteiger partial charge in [-0.05, 0) is 35.9 Å². The predicted octanol–water partition coefficient (Wildman–Crippen LogP) is 4.55. The highest BCUT2D eigenvalue weighted by atomic mass is 16.5. The first-order valence-electron chi connectivity index (χ1n) is 9.96. The number of ether oxygens (including phenoxy) is 2. The van der Waals surface area contributed by atoms with E-state index in [4.69, 9.17) is 14.6 Å².